The molecule has 0 radical (unpaired) electrons. The summed E-state index contributed by atoms with van der Waals surface area (Å²) in [5.74, 6) is 0. The smallest absolute Gasteiger partial charge is 0.0747 e. The third-order valence-corrected chi connectivity index (χ3v) is 2.87. The molecule has 1 N–H and O–H groups in total. The zero-order valence-electron chi connectivity index (χ0n) is 8.71. The number of nitrogens with one attached hydrogen (secondary N) is 1. The van der Waals surface area contributed by atoms with Gasteiger partial charge in [0.1, 0.15) is 0 Å². The lowest BCUT2D eigenvalue weighted by molar-refractivity contribution is 0.0247. The van der Waals surface area contributed by atoms with Gasteiger partial charge in [-0.05, 0) is 37.5 Å². The Hall–Kier alpha value is -0.730. The maximum atomic E-state index is 5.90. The second kappa shape index (κ2) is 5.38. The fourth-order valence-electron chi connectivity index (χ4n) is 1.80. The molecule has 2 rings (SSSR count). The van der Waals surface area contributed by atoms with Crippen LogP contribution in [-0.2, 0) is 4.74 Å². The molecule has 82 valence electrons. The fourth-order valence-corrected chi connectivity index (χ4v) is 1.99. The van der Waals surface area contributed by atoms with Crippen LogP contribution in [0.1, 0.15) is 19.3 Å². The lowest BCUT2D eigenvalue weighted by Gasteiger charge is -2.23. The summed E-state index contributed by atoms with van der Waals surface area (Å²) < 4.78 is 5.63. The van der Waals surface area contributed by atoms with Crippen molar-refractivity contribution in [3.8, 4) is 0 Å². The molecule has 0 aromatic heterocycles. The van der Waals surface area contributed by atoms with Gasteiger partial charge in [-0.15, -0.1) is 0 Å². The summed E-state index contributed by atoms with van der Waals surface area (Å²) in [4.78, 5) is 0. The first kappa shape index (κ1) is 10.8. The molecule has 1 aromatic carbocycles. The van der Waals surface area contributed by atoms with Gasteiger partial charge >= 0.3 is 0 Å². The molecule has 3 heteroatoms. The van der Waals surface area contributed by atoms with Crippen LogP contribution in [0, 0.1) is 0 Å². The number of hydrogen-bond acceptors (Lipinski definition) is 2. The van der Waals surface area contributed by atoms with Crippen molar-refractivity contribution in [1.82, 2.24) is 0 Å². The van der Waals surface area contributed by atoms with Gasteiger partial charge in [-0.25, -0.2) is 0 Å². The molecular weight excluding hydrogens is 210 g/mol. The van der Waals surface area contributed by atoms with Crippen LogP contribution in [0.2, 0.25) is 5.02 Å². The third-order valence-electron chi connectivity index (χ3n) is 2.63. The van der Waals surface area contributed by atoms with Crippen molar-refractivity contribution in [3.05, 3.63) is 29.3 Å². The van der Waals surface area contributed by atoms with E-state index in [0.717, 1.165) is 30.3 Å². The highest BCUT2D eigenvalue weighted by Gasteiger charge is 2.12. The van der Waals surface area contributed by atoms with Crippen LogP contribution in [0.5, 0.6) is 0 Å². The van der Waals surface area contributed by atoms with Crippen molar-refractivity contribution in [2.24, 2.45) is 0 Å². The first-order chi connectivity index (χ1) is 7.34. The minimum Gasteiger partial charge on any atom is -0.382 e. The van der Waals surface area contributed by atoms with Gasteiger partial charge in [-0.1, -0.05) is 17.7 Å². The molecule has 1 saturated heterocycles. The Morgan fingerprint density at radius 1 is 1.40 bits per heavy atom. The predicted octanol–water partition coefficient (Wildman–Crippen LogP) is 3.32. The van der Waals surface area contributed by atoms with Crippen molar-refractivity contribution >= 4 is 17.3 Å². The van der Waals surface area contributed by atoms with E-state index in [2.05, 4.69) is 5.32 Å². The Morgan fingerprint density at radius 2 is 2.33 bits per heavy atom. The number of ether oxygens (including phenoxy) is 1. The van der Waals surface area contributed by atoms with Gasteiger partial charge < -0.3 is 10.1 Å². The molecule has 1 fully saturated rings. The van der Waals surface area contributed by atoms with E-state index >= 15 is 0 Å². The van der Waals surface area contributed by atoms with Crippen LogP contribution in [0.25, 0.3) is 0 Å². The lowest BCUT2D eigenvalue weighted by atomic mass is 10.1. The lowest BCUT2D eigenvalue weighted by Crippen LogP contribution is -2.26. The highest BCUT2D eigenvalue weighted by molar-refractivity contribution is 6.30. The molecule has 0 amide bonds. The van der Waals surface area contributed by atoms with Gasteiger partial charge in [0, 0.05) is 23.9 Å². The summed E-state index contributed by atoms with van der Waals surface area (Å²) in [6.07, 6.45) is 4.00. The zero-order valence-corrected chi connectivity index (χ0v) is 9.46. The van der Waals surface area contributed by atoms with E-state index < -0.39 is 0 Å². The molecule has 0 saturated carbocycles. The number of anilines is 1. The van der Waals surface area contributed by atoms with Crippen LogP contribution < -0.4 is 5.32 Å². The van der Waals surface area contributed by atoms with E-state index in [1.54, 1.807) is 0 Å². The first-order valence-electron chi connectivity index (χ1n) is 5.45. The predicted molar refractivity (Wildman–Crippen MR) is 63.5 cm³/mol. The average Bonchev–Trinajstić information content (AvgIpc) is 2.28. The molecule has 1 aliphatic rings. The Morgan fingerprint density at radius 3 is 3.07 bits per heavy atom. The second-order valence-electron chi connectivity index (χ2n) is 3.88. The van der Waals surface area contributed by atoms with Gasteiger partial charge in [0.25, 0.3) is 0 Å². The van der Waals surface area contributed by atoms with Crippen molar-refractivity contribution in [2.75, 3.05) is 18.5 Å². The molecule has 0 spiro atoms. The summed E-state index contributed by atoms with van der Waals surface area (Å²) >= 11 is 5.90. The largest absolute Gasteiger partial charge is 0.382 e. The van der Waals surface area contributed by atoms with E-state index in [1.165, 1.54) is 12.8 Å². The van der Waals surface area contributed by atoms with Crippen molar-refractivity contribution in [2.45, 2.75) is 25.4 Å². The Kier molecular flexibility index (Phi) is 3.87. The van der Waals surface area contributed by atoms with Crippen LogP contribution in [-0.4, -0.2) is 19.3 Å². The third kappa shape index (κ3) is 3.40. The Labute approximate surface area is 95.6 Å². The van der Waals surface area contributed by atoms with Gasteiger partial charge in [-0.3, -0.25) is 0 Å². The standard InChI is InChI=1S/C12H16ClNO/c13-10-4-3-5-11(8-10)14-9-12-6-1-2-7-15-12/h3-5,8,12,14H,1-2,6-7,9H2. The van der Waals surface area contributed by atoms with Crippen LogP contribution in [0.4, 0.5) is 5.69 Å². The van der Waals surface area contributed by atoms with Crippen LogP contribution in [0.15, 0.2) is 24.3 Å². The molecule has 1 heterocycles. The fraction of sp³-hybridized carbons (Fsp3) is 0.500. The number of benzene rings is 1. The van der Waals surface area contributed by atoms with Crippen molar-refractivity contribution in [1.29, 1.82) is 0 Å². The molecule has 0 aliphatic carbocycles. The molecule has 1 unspecified atom stereocenters. The zero-order chi connectivity index (χ0) is 10.5. The van der Waals surface area contributed by atoms with E-state index in [4.69, 9.17) is 16.3 Å². The number of halogens is 1. The molecule has 1 aliphatic heterocycles. The molecular formula is C12H16ClNO. The quantitative estimate of drug-likeness (QED) is 0.852. The van der Waals surface area contributed by atoms with E-state index in [-0.39, 0.29) is 0 Å². The summed E-state index contributed by atoms with van der Waals surface area (Å²) in [6.45, 7) is 1.78. The molecule has 2 nitrogen and oxygen atoms in total. The molecule has 0 bridgehead atoms. The summed E-state index contributed by atoms with van der Waals surface area (Å²) in [6, 6.07) is 7.79. The first-order valence-corrected chi connectivity index (χ1v) is 5.83. The molecule has 15 heavy (non-hydrogen) atoms. The topological polar surface area (TPSA) is 21.3 Å². The van der Waals surface area contributed by atoms with E-state index in [9.17, 15) is 0 Å². The average molecular weight is 226 g/mol. The monoisotopic (exact) mass is 225 g/mol. The summed E-state index contributed by atoms with van der Waals surface area (Å²) in [5.41, 5.74) is 1.07. The van der Waals surface area contributed by atoms with Crippen molar-refractivity contribution < 1.29 is 4.74 Å². The van der Waals surface area contributed by atoms with Crippen LogP contribution in [0.3, 0.4) is 0 Å². The highest BCUT2D eigenvalue weighted by Crippen LogP contribution is 2.17. The summed E-state index contributed by atoms with van der Waals surface area (Å²) in [5, 5.41) is 4.11. The Balaban J connectivity index is 1.81. The Bertz CT molecular complexity index is 310. The van der Waals surface area contributed by atoms with Gasteiger partial charge in [0.2, 0.25) is 0 Å². The van der Waals surface area contributed by atoms with Crippen molar-refractivity contribution in [3.63, 3.8) is 0 Å². The van der Waals surface area contributed by atoms with E-state index in [0.29, 0.717) is 6.10 Å². The van der Waals surface area contributed by atoms with E-state index in [1.807, 2.05) is 24.3 Å². The van der Waals surface area contributed by atoms with Gasteiger partial charge in [-0.2, -0.15) is 0 Å². The normalized spacial score (nSPS) is 21.3. The second-order valence-corrected chi connectivity index (χ2v) is 4.32. The van der Waals surface area contributed by atoms with Gasteiger partial charge in [0.05, 0.1) is 6.10 Å². The molecule has 1 aromatic rings. The maximum absolute atomic E-state index is 5.90. The number of rotatable bonds is 3. The maximum Gasteiger partial charge on any atom is 0.0747 e. The van der Waals surface area contributed by atoms with Crippen LogP contribution >= 0.6 is 11.6 Å². The minimum absolute atomic E-state index is 0.359. The highest BCUT2D eigenvalue weighted by atomic mass is 35.5. The minimum atomic E-state index is 0.359. The molecule has 1 atom stereocenters. The SMILES string of the molecule is Clc1cccc(NCC2CCCCO2)c1. The van der Waals surface area contributed by atoms with Gasteiger partial charge in [0.15, 0.2) is 0 Å². The number of hydrogen-bond donors (Lipinski definition) is 1. The summed E-state index contributed by atoms with van der Waals surface area (Å²) in [7, 11) is 0.